The Hall–Kier alpha value is -1.38. The lowest BCUT2D eigenvalue weighted by atomic mass is 9.99. The highest BCUT2D eigenvalue weighted by molar-refractivity contribution is 6.31. The van der Waals surface area contributed by atoms with Crippen LogP contribution >= 0.6 is 11.6 Å². The normalized spacial score (nSPS) is 12.3. The number of benzene rings is 1. The highest BCUT2D eigenvalue weighted by Gasteiger charge is 2.11. The summed E-state index contributed by atoms with van der Waals surface area (Å²) in [6, 6.07) is 12.6. The molecule has 1 aromatic heterocycles. The summed E-state index contributed by atoms with van der Waals surface area (Å²) in [4.78, 5) is 4.19. The largest absolute Gasteiger partial charge is 0.313 e. The van der Waals surface area contributed by atoms with Gasteiger partial charge in [0.2, 0.25) is 0 Å². The van der Waals surface area contributed by atoms with Crippen molar-refractivity contribution in [3.8, 4) is 0 Å². The molecule has 106 valence electrons. The van der Waals surface area contributed by atoms with Gasteiger partial charge in [-0.25, -0.2) is 0 Å². The molecular formula is C17H21ClN2. The van der Waals surface area contributed by atoms with E-state index in [1.165, 1.54) is 11.1 Å². The smallest absolute Gasteiger partial charge is 0.0438 e. The second-order valence-corrected chi connectivity index (χ2v) is 5.42. The Morgan fingerprint density at radius 2 is 2.00 bits per heavy atom. The van der Waals surface area contributed by atoms with Crippen molar-refractivity contribution >= 4 is 11.6 Å². The molecule has 0 saturated heterocycles. The van der Waals surface area contributed by atoms with E-state index in [9.17, 15) is 0 Å². The number of hydrogen-bond acceptors (Lipinski definition) is 2. The van der Waals surface area contributed by atoms with Crippen molar-refractivity contribution in [2.24, 2.45) is 0 Å². The van der Waals surface area contributed by atoms with Crippen LogP contribution in [0.2, 0.25) is 5.02 Å². The van der Waals surface area contributed by atoms with Gasteiger partial charge in [-0.05, 0) is 49.1 Å². The molecule has 0 fully saturated rings. The fraction of sp³-hybridized carbons (Fsp3) is 0.353. The Balaban J connectivity index is 2.05. The molecule has 0 spiro atoms. The van der Waals surface area contributed by atoms with Crippen LogP contribution in [0.4, 0.5) is 0 Å². The van der Waals surface area contributed by atoms with Gasteiger partial charge in [-0.2, -0.15) is 0 Å². The average molecular weight is 289 g/mol. The molecule has 0 aliphatic carbocycles. The van der Waals surface area contributed by atoms with E-state index in [0.717, 1.165) is 30.8 Å². The first kappa shape index (κ1) is 15.0. The first-order valence-corrected chi connectivity index (χ1v) is 7.53. The average Bonchev–Trinajstić information content (AvgIpc) is 2.48. The lowest BCUT2D eigenvalue weighted by molar-refractivity contribution is 0.504. The second kappa shape index (κ2) is 8.03. The van der Waals surface area contributed by atoms with Crippen molar-refractivity contribution in [1.29, 1.82) is 0 Å². The molecule has 0 aliphatic rings. The number of nitrogens with zero attached hydrogens (tertiary/aromatic N) is 1. The predicted octanol–water partition coefficient (Wildman–Crippen LogP) is 3.89. The molecule has 1 aromatic carbocycles. The summed E-state index contributed by atoms with van der Waals surface area (Å²) in [5.41, 5.74) is 2.46. The molecule has 1 unspecified atom stereocenters. The SMILES string of the molecule is CCCNC(Cc1cccnc1)Cc1ccccc1Cl. The lowest BCUT2D eigenvalue weighted by Gasteiger charge is -2.19. The Labute approximate surface area is 126 Å². The van der Waals surface area contributed by atoms with Gasteiger partial charge in [-0.15, -0.1) is 0 Å². The van der Waals surface area contributed by atoms with Crippen molar-refractivity contribution in [3.63, 3.8) is 0 Å². The zero-order valence-electron chi connectivity index (χ0n) is 11.8. The summed E-state index contributed by atoms with van der Waals surface area (Å²) in [5.74, 6) is 0. The number of hydrogen-bond donors (Lipinski definition) is 1. The summed E-state index contributed by atoms with van der Waals surface area (Å²) in [5, 5.41) is 4.46. The van der Waals surface area contributed by atoms with Gasteiger partial charge in [0.15, 0.2) is 0 Å². The van der Waals surface area contributed by atoms with E-state index >= 15 is 0 Å². The molecule has 0 bridgehead atoms. The maximum Gasteiger partial charge on any atom is 0.0438 e. The number of nitrogens with one attached hydrogen (secondary N) is 1. The van der Waals surface area contributed by atoms with E-state index in [2.05, 4.69) is 29.4 Å². The number of halogens is 1. The lowest BCUT2D eigenvalue weighted by Crippen LogP contribution is -2.34. The van der Waals surface area contributed by atoms with Crippen LogP contribution < -0.4 is 5.32 Å². The molecule has 2 nitrogen and oxygen atoms in total. The summed E-state index contributed by atoms with van der Waals surface area (Å²) in [7, 11) is 0. The van der Waals surface area contributed by atoms with Gasteiger partial charge >= 0.3 is 0 Å². The van der Waals surface area contributed by atoms with Gasteiger partial charge < -0.3 is 5.32 Å². The van der Waals surface area contributed by atoms with Crippen molar-refractivity contribution in [2.45, 2.75) is 32.2 Å². The third-order valence-electron chi connectivity index (χ3n) is 3.31. The monoisotopic (exact) mass is 288 g/mol. The number of rotatable bonds is 7. The van der Waals surface area contributed by atoms with Crippen molar-refractivity contribution in [1.82, 2.24) is 10.3 Å². The molecule has 0 amide bonds. The third-order valence-corrected chi connectivity index (χ3v) is 3.68. The molecule has 20 heavy (non-hydrogen) atoms. The van der Waals surface area contributed by atoms with E-state index in [1.807, 2.05) is 36.7 Å². The van der Waals surface area contributed by atoms with Crippen LogP contribution in [0.25, 0.3) is 0 Å². The molecule has 0 radical (unpaired) electrons. The maximum absolute atomic E-state index is 6.27. The highest BCUT2D eigenvalue weighted by atomic mass is 35.5. The van der Waals surface area contributed by atoms with Crippen LogP contribution in [0, 0.1) is 0 Å². The molecule has 2 rings (SSSR count). The van der Waals surface area contributed by atoms with Gasteiger partial charge in [0.1, 0.15) is 0 Å². The van der Waals surface area contributed by atoms with E-state index in [4.69, 9.17) is 11.6 Å². The quantitative estimate of drug-likeness (QED) is 0.836. The van der Waals surface area contributed by atoms with E-state index in [0.29, 0.717) is 6.04 Å². The molecule has 1 atom stereocenters. The van der Waals surface area contributed by atoms with Crippen molar-refractivity contribution in [3.05, 3.63) is 64.9 Å². The van der Waals surface area contributed by atoms with E-state index in [1.54, 1.807) is 0 Å². The van der Waals surface area contributed by atoms with Crippen LogP contribution in [0.15, 0.2) is 48.8 Å². The van der Waals surface area contributed by atoms with Crippen LogP contribution in [-0.4, -0.2) is 17.6 Å². The molecule has 1 heterocycles. The Morgan fingerprint density at radius 1 is 1.15 bits per heavy atom. The van der Waals surface area contributed by atoms with Crippen LogP contribution in [-0.2, 0) is 12.8 Å². The molecule has 2 aromatic rings. The number of pyridine rings is 1. The molecule has 0 saturated carbocycles. The summed E-state index contributed by atoms with van der Waals surface area (Å²) >= 11 is 6.27. The molecule has 1 N–H and O–H groups in total. The van der Waals surface area contributed by atoms with E-state index in [-0.39, 0.29) is 0 Å². The number of aromatic nitrogens is 1. The predicted molar refractivity (Wildman–Crippen MR) is 85.2 cm³/mol. The standard InChI is InChI=1S/C17H21ClN2/c1-2-9-20-16(11-14-6-5-10-19-13-14)12-15-7-3-4-8-17(15)18/h3-8,10,13,16,20H,2,9,11-12H2,1H3. The third kappa shape index (κ3) is 4.62. The zero-order valence-corrected chi connectivity index (χ0v) is 12.6. The Bertz CT molecular complexity index is 513. The van der Waals surface area contributed by atoms with Gasteiger partial charge in [-0.3, -0.25) is 4.98 Å². The minimum Gasteiger partial charge on any atom is -0.313 e. The van der Waals surface area contributed by atoms with Gasteiger partial charge in [0.25, 0.3) is 0 Å². The van der Waals surface area contributed by atoms with Gasteiger partial charge in [0.05, 0.1) is 0 Å². The molecular weight excluding hydrogens is 268 g/mol. The topological polar surface area (TPSA) is 24.9 Å². The van der Waals surface area contributed by atoms with E-state index < -0.39 is 0 Å². The molecule has 3 heteroatoms. The summed E-state index contributed by atoms with van der Waals surface area (Å²) in [6.45, 7) is 3.21. The fourth-order valence-electron chi connectivity index (χ4n) is 2.30. The second-order valence-electron chi connectivity index (χ2n) is 5.01. The minimum absolute atomic E-state index is 0.388. The highest BCUT2D eigenvalue weighted by Crippen LogP contribution is 2.18. The Morgan fingerprint density at radius 3 is 2.70 bits per heavy atom. The van der Waals surface area contributed by atoms with Crippen LogP contribution in [0.3, 0.4) is 0 Å². The zero-order chi connectivity index (χ0) is 14.2. The first-order chi connectivity index (χ1) is 9.79. The summed E-state index contributed by atoms with van der Waals surface area (Å²) < 4.78 is 0. The van der Waals surface area contributed by atoms with Crippen molar-refractivity contribution < 1.29 is 0 Å². The van der Waals surface area contributed by atoms with Crippen LogP contribution in [0.5, 0.6) is 0 Å². The van der Waals surface area contributed by atoms with Gasteiger partial charge in [0, 0.05) is 23.5 Å². The Kier molecular flexibility index (Phi) is 6.03. The summed E-state index contributed by atoms with van der Waals surface area (Å²) in [6.07, 6.45) is 6.79. The van der Waals surface area contributed by atoms with Gasteiger partial charge in [-0.1, -0.05) is 42.8 Å². The molecule has 0 aliphatic heterocycles. The first-order valence-electron chi connectivity index (χ1n) is 7.15. The maximum atomic E-state index is 6.27. The fourth-order valence-corrected chi connectivity index (χ4v) is 2.51. The van der Waals surface area contributed by atoms with Crippen molar-refractivity contribution in [2.75, 3.05) is 6.54 Å². The van der Waals surface area contributed by atoms with Crippen LogP contribution in [0.1, 0.15) is 24.5 Å². The minimum atomic E-state index is 0.388.